The Morgan fingerprint density at radius 2 is 1.77 bits per heavy atom. The predicted molar refractivity (Wildman–Crippen MR) is 121 cm³/mol. The van der Waals surface area contributed by atoms with E-state index in [9.17, 15) is 19.7 Å². The molecule has 2 rings (SSSR count). The molecule has 0 aromatic heterocycles. The first-order valence-electron chi connectivity index (χ1n) is 10.3. The Kier molecular flexibility index (Phi) is 9.00. The summed E-state index contributed by atoms with van der Waals surface area (Å²) in [6.45, 7) is 6.53. The zero-order chi connectivity index (χ0) is 23.0. The van der Waals surface area contributed by atoms with E-state index in [1.54, 1.807) is 42.5 Å². The van der Waals surface area contributed by atoms with Gasteiger partial charge in [0.15, 0.2) is 0 Å². The third-order valence-corrected chi connectivity index (χ3v) is 5.12. The summed E-state index contributed by atoms with van der Waals surface area (Å²) < 4.78 is 0. The Morgan fingerprint density at radius 3 is 2.35 bits per heavy atom. The third kappa shape index (κ3) is 7.07. The van der Waals surface area contributed by atoms with Gasteiger partial charge in [-0.3, -0.25) is 19.7 Å². The quantitative estimate of drug-likeness (QED) is 0.434. The van der Waals surface area contributed by atoms with Crippen molar-refractivity contribution in [1.82, 2.24) is 10.2 Å². The average molecular weight is 446 g/mol. The Labute approximate surface area is 187 Å². The van der Waals surface area contributed by atoms with Gasteiger partial charge in [0.25, 0.3) is 5.69 Å². The Balaban J connectivity index is 2.33. The van der Waals surface area contributed by atoms with Crippen molar-refractivity contribution in [3.05, 3.63) is 74.8 Å². The molecule has 0 saturated carbocycles. The van der Waals surface area contributed by atoms with Crippen molar-refractivity contribution in [2.45, 2.75) is 46.2 Å². The molecule has 0 unspecified atom stereocenters. The zero-order valence-electron chi connectivity index (χ0n) is 18.0. The highest BCUT2D eigenvalue weighted by molar-refractivity contribution is 6.30. The minimum Gasteiger partial charge on any atom is -0.354 e. The summed E-state index contributed by atoms with van der Waals surface area (Å²) >= 11 is 5.97. The number of halogens is 1. The highest BCUT2D eigenvalue weighted by Gasteiger charge is 2.30. The number of nitrogens with zero attached hydrogens (tertiary/aromatic N) is 2. The van der Waals surface area contributed by atoms with Crippen LogP contribution < -0.4 is 5.32 Å². The molecule has 0 aliphatic heterocycles. The van der Waals surface area contributed by atoms with Crippen molar-refractivity contribution in [2.24, 2.45) is 5.92 Å². The van der Waals surface area contributed by atoms with Crippen molar-refractivity contribution in [3.63, 3.8) is 0 Å². The molecule has 31 heavy (non-hydrogen) atoms. The van der Waals surface area contributed by atoms with Gasteiger partial charge in [0, 0.05) is 29.7 Å². The fourth-order valence-corrected chi connectivity index (χ4v) is 3.36. The molecule has 0 fully saturated rings. The lowest BCUT2D eigenvalue weighted by atomic mass is 10.1. The highest BCUT2D eigenvalue weighted by Crippen LogP contribution is 2.21. The number of amides is 2. The molecule has 1 atom stereocenters. The van der Waals surface area contributed by atoms with Crippen LogP contribution in [0.2, 0.25) is 5.02 Å². The monoisotopic (exact) mass is 445 g/mol. The number of carbonyl (C=O) groups excluding carboxylic acids is 2. The van der Waals surface area contributed by atoms with Crippen molar-refractivity contribution in [3.8, 4) is 0 Å². The number of nitro benzene ring substituents is 1. The number of carbonyl (C=O) groups is 2. The summed E-state index contributed by atoms with van der Waals surface area (Å²) in [6.07, 6.45) is 0.249. The predicted octanol–water partition coefficient (Wildman–Crippen LogP) is 4.37. The standard InChI is InChI=1S/C23H28ClN3O4/c1-4-20(23(29)25-14-16(2)3)26(15-17-9-11-19(24)12-10-17)22(28)13-18-7-5-6-8-21(18)27(30)31/h5-12,16,20H,4,13-15H2,1-3H3,(H,25,29)/t20-/m1/s1. The molecule has 0 aliphatic rings. The maximum absolute atomic E-state index is 13.3. The SMILES string of the molecule is CC[C@H](C(=O)NCC(C)C)N(Cc1ccc(Cl)cc1)C(=O)Cc1ccccc1[N+](=O)[O-]. The number of benzene rings is 2. The normalized spacial score (nSPS) is 11.8. The van der Waals surface area contributed by atoms with Gasteiger partial charge in [-0.05, 0) is 30.0 Å². The van der Waals surface area contributed by atoms with Gasteiger partial charge in [-0.25, -0.2) is 0 Å². The van der Waals surface area contributed by atoms with Gasteiger partial charge in [-0.1, -0.05) is 62.7 Å². The van der Waals surface area contributed by atoms with Crippen LogP contribution >= 0.6 is 11.6 Å². The molecular weight excluding hydrogens is 418 g/mol. The van der Waals surface area contributed by atoms with Crippen molar-refractivity contribution in [1.29, 1.82) is 0 Å². The summed E-state index contributed by atoms with van der Waals surface area (Å²) in [5.74, 6) is -0.314. The fraction of sp³-hybridized carbons (Fsp3) is 0.391. The number of hydrogen-bond donors (Lipinski definition) is 1. The summed E-state index contributed by atoms with van der Waals surface area (Å²) in [4.78, 5) is 38.5. The summed E-state index contributed by atoms with van der Waals surface area (Å²) in [7, 11) is 0. The number of hydrogen-bond acceptors (Lipinski definition) is 4. The number of nitrogens with one attached hydrogen (secondary N) is 1. The maximum atomic E-state index is 13.3. The molecule has 7 nitrogen and oxygen atoms in total. The van der Waals surface area contributed by atoms with E-state index in [4.69, 9.17) is 11.6 Å². The minimum atomic E-state index is -0.690. The number of rotatable bonds is 10. The Hall–Kier alpha value is -2.93. The van der Waals surface area contributed by atoms with Crippen LogP contribution in [0.25, 0.3) is 0 Å². The molecule has 0 heterocycles. The van der Waals surface area contributed by atoms with Crippen LogP contribution in [0.5, 0.6) is 0 Å². The van der Waals surface area contributed by atoms with Crippen LogP contribution in [0.4, 0.5) is 5.69 Å². The second kappa shape index (κ2) is 11.5. The third-order valence-electron chi connectivity index (χ3n) is 4.87. The topological polar surface area (TPSA) is 92.6 Å². The largest absolute Gasteiger partial charge is 0.354 e. The van der Waals surface area contributed by atoms with Crippen LogP contribution in [-0.2, 0) is 22.6 Å². The smallest absolute Gasteiger partial charge is 0.273 e. The van der Waals surface area contributed by atoms with E-state index in [1.165, 1.54) is 11.0 Å². The molecular formula is C23H28ClN3O4. The lowest BCUT2D eigenvalue weighted by Crippen LogP contribution is -2.50. The van der Waals surface area contributed by atoms with Gasteiger partial charge < -0.3 is 10.2 Å². The van der Waals surface area contributed by atoms with Gasteiger partial charge >= 0.3 is 0 Å². The van der Waals surface area contributed by atoms with E-state index in [0.29, 0.717) is 23.6 Å². The first-order chi connectivity index (χ1) is 14.7. The van der Waals surface area contributed by atoms with Crippen LogP contribution in [0, 0.1) is 16.0 Å². The van der Waals surface area contributed by atoms with E-state index in [1.807, 2.05) is 20.8 Å². The second-order valence-electron chi connectivity index (χ2n) is 7.77. The lowest BCUT2D eigenvalue weighted by Gasteiger charge is -2.31. The summed E-state index contributed by atoms with van der Waals surface area (Å²) in [5.41, 5.74) is 1.02. The highest BCUT2D eigenvalue weighted by atomic mass is 35.5. The van der Waals surface area contributed by atoms with Gasteiger partial charge in [0.05, 0.1) is 11.3 Å². The van der Waals surface area contributed by atoms with E-state index < -0.39 is 11.0 Å². The van der Waals surface area contributed by atoms with Crippen molar-refractivity contribution >= 4 is 29.1 Å². The average Bonchev–Trinajstić information content (AvgIpc) is 2.73. The van der Waals surface area contributed by atoms with Crippen LogP contribution in [0.3, 0.4) is 0 Å². The van der Waals surface area contributed by atoms with Gasteiger partial charge in [0.2, 0.25) is 11.8 Å². The number of para-hydroxylation sites is 1. The Bertz CT molecular complexity index is 915. The Morgan fingerprint density at radius 1 is 1.13 bits per heavy atom. The minimum absolute atomic E-state index is 0.111. The fourth-order valence-electron chi connectivity index (χ4n) is 3.23. The molecule has 1 N–H and O–H groups in total. The van der Waals surface area contributed by atoms with E-state index in [0.717, 1.165) is 5.56 Å². The van der Waals surface area contributed by atoms with Gasteiger partial charge in [0.1, 0.15) is 6.04 Å². The molecule has 2 aromatic carbocycles. The van der Waals surface area contributed by atoms with E-state index in [-0.39, 0.29) is 36.4 Å². The second-order valence-corrected chi connectivity index (χ2v) is 8.21. The van der Waals surface area contributed by atoms with E-state index >= 15 is 0 Å². The van der Waals surface area contributed by atoms with Gasteiger partial charge in [-0.2, -0.15) is 0 Å². The molecule has 0 bridgehead atoms. The van der Waals surface area contributed by atoms with Crippen LogP contribution in [0.15, 0.2) is 48.5 Å². The number of nitro groups is 1. The van der Waals surface area contributed by atoms with E-state index in [2.05, 4.69) is 5.32 Å². The van der Waals surface area contributed by atoms with Crippen molar-refractivity contribution < 1.29 is 14.5 Å². The van der Waals surface area contributed by atoms with Crippen molar-refractivity contribution in [2.75, 3.05) is 6.54 Å². The lowest BCUT2D eigenvalue weighted by molar-refractivity contribution is -0.385. The molecule has 0 aliphatic carbocycles. The molecule has 0 saturated heterocycles. The zero-order valence-corrected chi connectivity index (χ0v) is 18.8. The molecule has 8 heteroatoms. The first kappa shape index (κ1) is 24.3. The molecule has 0 spiro atoms. The summed E-state index contributed by atoms with van der Waals surface area (Å²) in [5, 5.41) is 14.8. The maximum Gasteiger partial charge on any atom is 0.273 e. The van der Waals surface area contributed by atoms with Crippen LogP contribution in [-0.4, -0.2) is 34.2 Å². The summed E-state index contributed by atoms with van der Waals surface area (Å²) in [6, 6.07) is 12.5. The molecule has 166 valence electrons. The van der Waals surface area contributed by atoms with Gasteiger partial charge in [-0.15, -0.1) is 0 Å². The molecule has 2 aromatic rings. The first-order valence-corrected chi connectivity index (χ1v) is 10.6. The molecule has 0 radical (unpaired) electrons. The van der Waals surface area contributed by atoms with Crippen LogP contribution in [0.1, 0.15) is 38.3 Å². The molecule has 2 amide bonds.